The minimum Gasteiger partial charge on any atom is -0.384 e. The first-order valence-electron chi connectivity index (χ1n) is 6.54. The Morgan fingerprint density at radius 1 is 1.40 bits per heavy atom. The maximum atomic E-state index is 5.28. The predicted molar refractivity (Wildman–Crippen MR) is 65.2 cm³/mol. The smallest absolute Gasteiger partial charge is 0.0502 e. The Hall–Kier alpha value is -0.0800. The predicted octanol–water partition coefficient (Wildman–Crippen LogP) is 2.92. The molecule has 1 aliphatic rings. The van der Waals surface area contributed by atoms with Crippen molar-refractivity contribution in [2.75, 3.05) is 26.8 Å². The standard InChI is InChI=1S/C13H27NO/c1-4-7-13(5-2)14-9-6-8-12(10-14)11-15-3/h12-13H,4-11H2,1-3H3/t12-,13?/m1/s1. The lowest BCUT2D eigenvalue weighted by molar-refractivity contribution is 0.0642. The molecule has 90 valence electrons. The van der Waals surface area contributed by atoms with Gasteiger partial charge in [-0.25, -0.2) is 0 Å². The van der Waals surface area contributed by atoms with Gasteiger partial charge in [-0.15, -0.1) is 0 Å². The van der Waals surface area contributed by atoms with Gasteiger partial charge in [-0.3, -0.25) is 0 Å². The molecule has 1 saturated heterocycles. The van der Waals surface area contributed by atoms with Gasteiger partial charge in [0.05, 0.1) is 6.61 Å². The van der Waals surface area contributed by atoms with Crippen LogP contribution in [-0.2, 0) is 4.74 Å². The van der Waals surface area contributed by atoms with E-state index >= 15 is 0 Å². The van der Waals surface area contributed by atoms with Crippen molar-refractivity contribution in [1.29, 1.82) is 0 Å². The monoisotopic (exact) mass is 213 g/mol. The summed E-state index contributed by atoms with van der Waals surface area (Å²) in [6.07, 6.45) is 6.68. The highest BCUT2D eigenvalue weighted by Crippen LogP contribution is 2.21. The summed E-state index contributed by atoms with van der Waals surface area (Å²) in [7, 11) is 1.82. The largest absolute Gasteiger partial charge is 0.384 e. The summed E-state index contributed by atoms with van der Waals surface area (Å²) in [6, 6.07) is 0.814. The molecule has 0 aliphatic carbocycles. The van der Waals surface area contributed by atoms with Gasteiger partial charge in [0.1, 0.15) is 0 Å². The summed E-state index contributed by atoms with van der Waals surface area (Å²) >= 11 is 0. The van der Waals surface area contributed by atoms with Gasteiger partial charge in [-0.05, 0) is 38.1 Å². The molecule has 1 fully saturated rings. The number of likely N-dealkylation sites (tertiary alicyclic amines) is 1. The maximum absolute atomic E-state index is 5.28. The van der Waals surface area contributed by atoms with Crippen LogP contribution in [0.25, 0.3) is 0 Å². The summed E-state index contributed by atoms with van der Waals surface area (Å²) in [5.41, 5.74) is 0. The molecule has 2 nitrogen and oxygen atoms in total. The molecule has 0 amide bonds. The second kappa shape index (κ2) is 7.24. The number of rotatable bonds is 6. The van der Waals surface area contributed by atoms with E-state index in [-0.39, 0.29) is 0 Å². The van der Waals surface area contributed by atoms with E-state index in [0.29, 0.717) is 0 Å². The molecule has 0 N–H and O–H groups in total. The third kappa shape index (κ3) is 4.12. The van der Waals surface area contributed by atoms with Gasteiger partial charge in [0, 0.05) is 19.7 Å². The van der Waals surface area contributed by atoms with Crippen molar-refractivity contribution >= 4 is 0 Å². The Bertz CT molecular complexity index is 159. The van der Waals surface area contributed by atoms with Gasteiger partial charge >= 0.3 is 0 Å². The summed E-state index contributed by atoms with van der Waals surface area (Å²) in [5.74, 6) is 0.773. The van der Waals surface area contributed by atoms with E-state index in [1.165, 1.54) is 45.2 Å². The highest BCUT2D eigenvalue weighted by atomic mass is 16.5. The fraction of sp³-hybridized carbons (Fsp3) is 1.00. The topological polar surface area (TPSA) is 12.5 Å². The second-order valence-electron chi connectivity index (χ2n) is 4.81. The zero-order valence-electron chi connectivity index (χ0n) is 10.7. The van der Waals surface area contributed by atoms with Gasteiger partial charge < -0.3 is 9.64 Å². The molecule has 0 aromatic heterocycles. The van der Waals surface area contributed by atoms with Crippen molar-refractivity contribution < 1.29 is 4.74 Å². The van der Waals surface area contributed by atoms with E-state index in [1.54, 1.807) is 0 Å². The Morgan fingerprint density at radius 3 is 2.80 bits per heavy atom. The van der Waals surface area contributed by atoms with Crippen molar-refractivity contribution in [1.82, 2.24) is 4.90 Å². The first-order valence-corrected chi connectivity index (χ1v) is 6.54. The van der Waals surface area contributed by atoms with Crippen LogP contribution in [0.2, 0.25) is 0 Å². The molecule has 1 rings (SSSR count). The first kappa shape index (κ1) is 13.0. The van der Waals surface area contributed by atoms with Crippen LogP contribution >= 0.6 is 0 Å². The molecule has 0 aromatic rings. The average Bonchev–Trinajstić information content (AvgIpc) is 2.27. The number of hydrogen-bond acceptors (Lipinski definition) is 2. The van der Waals surface area contributed by atoms with Crippen LogP contribution in [-0.4, -0.2) is 37.7 Å². The van der Waals surface area contributed by atoms with Crippen molar-refractivity contribution in [3.8, 4) is 0 Å². The summed E-state index contributed by atoms with van der Waals surface area (Å²) in [5, 5.41) is 0. The molecular weight excluding hydrogens is 186 g/mol. The van der Waals surface area contributed by atoms with Crippen LogP contribution in [0, 0.1) is 5.92 Å². The zero-order chi connectivity index (χ0) is 11.1. The van der Waals surface area contributed by atoms with Crippen LogP contribution in [0.3, 0.4) is 0 Å². The Balaban J connectivity index is 2.39. The van der Waals surface area contributed by atoms with Crippen molar-refractivity contribution in [3.63, 3.8) is 0 Å². The third-order valence-corrected chi connectivity index (χ3v) is 3.56. The zero-order valence-corrected chi connectivity index (χ0v) is 10.7. The molecule has 0 saturated carbocycles. The molecule has 2 atom stereocenters. The molecule has 1 heterocycles. The van der Waals surface area contributed by atoms with Crippen LogP contribution in [0.1, 0.15) is 46.0 Å². The van der Waals surface area contributed by atoms with Crippen molar-refractivity contribution in [3.05, 3.63) is 0 Å². The fourth-order valence-electron chi connectivity index (χ4n) is 2.78. The Labute approximate surface area is 95.0 Å². The lowest BCUT2D eigenvalue weighted by Gasteiger charge is -2.37. The number of nitrogens with zero attached hydrogens (tertiary/aromatic N) is 1. The SMILES string of the molecule is CCCC(CC)N1CCC[C@@H](COC)C1. The first-order chi connectivity index (χ1) is 7.31. The van der Waals surface area contributed by atoms with E-state index in [9.17, 15) is 0 Å². The average molecular weight is 213 g/mol. The lowest BCUT2D eigenvalue weighted by Crippen LogP contribution is -2.43. The molecule has 15 heavy (non-hydrogen) atoms. The lowest BCUT2D eigenvalue weighted by atomic mass is 9.95. The molecular formula is C13H27NO. The second-order valence-corrected chi connectivity index (χ2v) is 4.81. The van der Waals surface area contributed by atoms with Crippen LogP contribution < -0.4 is 0 Å². The quantitative estimate of drug-likeness (QED) is 0.672. The molecule has 2 heteroatoms. The van der Waals surface area contributed by atoms with Crippen molar-refractivity contribution in [2.24, 2.45) is 5.92 Å². The summed E-state index contributed by atoms with van der Waals surface area (Å²) in [6.45, 7) is 8.11. The number of ether oxygens (including phenoxy) is 1. The molecule has 1 unspecified atom stereocenters. The minimum absolute atomic E-state index is 0.773. The highest BCUT2D eigenvalue weighted by Gasteiger charge is 2.24. The molecule has 0 bridgehead atoms. The number of piperidine rings is 1. The molecule has 0 spiro atoms. The Kier molecular flexibility index (Phi) is 6.26. The van der Waals surface area contributed by atoms with Crippen LogP contribution in [0.15, 0.2) is 0 Å². The van der Waals surface area contributed by atoms with E-state index in [4.69, 9.17) is 4.74 Å². The fourth-order valence-corrected chi connectivity index (χ4v) is 2.78. The Morgan fingerprint density at radius 2 is 2.20 bits per heavy atom. The molecule has 0 aromatic carbocycles. The minimum atomic E-state index is 0.773. The highest BCUT2D eigenvalue weighted by molar-refractivity contribution is 4.78. The van der Waals surface area contributed by atoms with Gasteiger partial charge in [-0.2, -0.15) is 0 Å². The van der Waals surface area contributed by atoms with Crippen LogP contribution in [0.5, 0.6) is 0 Å². The number of methoxy groups -OCH3 is 1. The normalized spacial score (nSPS) is 25.4. The third-order valence-electron chi connectivity index (χ3n) is 3.56. The molecule has 0 radical (unpaired) electrons. The summed E-state index contributed by atoms with van der Waals surface area (Å²) in [4.78, 5) is 2.69. The van der Waals surface area contributed by atoms with E-state index < -0.39 is 0 Å². The van der Waals surface area contributed by atoms with E-state index in [2.05, 4.69) is 18.7 Å². The maximum Gasteiger partial charge on any atom is 0.0502 e. The summed E-state index contributed by atoms with van der Waals surface area (Å²) < 4.78 is 5.28. The van der Waals surface area contributed by atoms with Gasteiger partial charge in [0.15, 0.2) is 0 Å². The van der Waals surface area contributed by atoms with Gasteiger partial charge in [0.2, 0.25) is 0 Å². The van der Waals surface area contributed by atoms with E-state index in [0.717, 1.165) is 18.6 Å². The van der Waals surface area contributed by atoms with Crippen molar-refractivity contribution in [2.45, 2.75) is 52.0 Å². The van der Waals surface area contributed by atoms with Gasteiger partial charge in [-0.1, -0.05) is 20.3 Å². The van der Waals surface area contributed by atoms with Crippen LogP contribution in [0.4, 0.5) is 0 Å². The number of hydrogen-bond donors (Lipinski definition) is 0. The van der Waals surface area contributed by atoms with E-state index in [1.807, 2.05) is 7.11 Å². The molecule has 1 aliphatic heterocycles. The van der Waals surface area contributed by atoms with Gasteiger partial charge in [0.25, 0.3) is 0 Å².